The third-order valence-electron chi connectivity index (χ3n) is 3.05. The van der Waals surface area contributed by atoms with Gasteiger partial charge in [-0.2, -0.15) is 0 Å². The summed E-state index contributed by atoms with van der Waals surface area (Å²) in [6, 6.07) is 6.99. The quantitative estimate of drug-likeness (QED) is 0.756. The molecule has 120 valence electrons. The first-order valence-corrected chi connectivity index (χ1v) is 8.59. The first-order valence-electron chi connectivity index (χ1n) is 6.94. The van der Waals surface area contributed by atoms with Crippen molar-refractivity contribution in [2.75, 3.05) is 27.2 Å². The average molecular weight is 314 g/mol. The van der Waals surface area contributed by atoms with E-state index in [0.717, 1.165) is 12.1 Å². The van der Waals surface area contributed by atoms with Crippen LogP contribution in [0.25, 0.3) is 0 Å². The molecule has 0 aliphatic carbocycles. The summed E-state index contributed by atoms with van der Waals surface area (Å²) < 4.78 is 27.0. The van der Waals surface area contributed by atoms with Gasteiger partial charge in [-0.05, 0) is 30.6 Å². The third-order valence-corrected chi connectivity index (χ3v) is 4.34. The van der Waals surface area contributed by atoms with Crippen molar-refractivity contribution in [1.82, 2.24) is 9.62 Å². The van der Waals surface area contributed by atoms with Gasteiger partial charge in [0.15, 0.2) is 0 Å². The van der Waals surface area contributed by atoms with E-state index in [-0.39, 0.29) is 17.8 Å². The zero-order chi connectivity index (χ0) is 16.1. The van der Waals surface area contributed by atoms with Gasteiger partial charge in [-0.25, -0.2) is 13.1 Å². The van der Waals surface area contributed by atoms with Crippen LogP contribution in [0.5, 0.6) is 0 Å². The van der Waals surface area contributed by atoms with E-state index in [0.29, 0.717) is 12.1 Å². The first kappa shape index (κ1) is 18.1. The lowest BCUT2D eigenvalue weighted by Gasteiger charge is -2.28. The predicted molar refractivity (Wildman–Crippen MR) is 85.3 cm³/mol. The highest BCUT2D eigenvalue weighted by molar-refractivity contribution is 7.88. The number of hydrogen-bond donors (Lipinski definition) is 2. The molecule has 0 fully saturated rings. The molecule has 0 spiro atoms. The van der Waals surface area contributed by atoms with Crippen molar-refractivity contribution in [3.8, 4) is 0 Å². The van der Waals surface area contributed by atoms with Crippen molar-refractivity contribution in [3.63, 3.8) is 0 Å². The molecule has 1 aromatic rings. The monoisotopic (exact) mass is 314 g/mol. The number of aliphatic hydroxyl groups excluding tert-OH is 1. The molecule has 2 N–H and O–H groups in total. The normalized spacial score (nSPS) is 12.9. The summed E-state index contributed by atoms with van der Waals surface area (Å²) in [7, 11) is 0.559. The van der Waals surface area contributed by atoms with E-state index in [1.54, 1.807) is 24.3 Å². The summed E-state index contributed by atoms with van der Waals surface area (Å²) in [6.45, 7) is 5.17. The molecule has 0 aromatic heterocycles. The number of benzene rings is 1. The Morgan fingerprint density at radius 1 is 1.24 bits per heavy atom. The molecule has 1 aromatic carbocycles. The lowest BCUT2D eigenvalue weighted by molar-refractivity contribution is 0.242. The van der Waals surface area contributed by atoms with Gasteiger partial charge in [0.25, 0.3) is 0 Å². The third kappa shape index (κ3) is 7.04. The molecule has 6 heteroatoms. The van der Waals surface area contributed by atoms with Crippen molar-refractivity contribution >= 4 is 10.0 Å². The molecule has 0 aliphatic rings. The first-order chi connectivity index (χ1) is 9.63. The molecule has 0 bridgehead atoms. The van der Waals surface area contributed by atoms with Crippen LogP contribution in [0.15, 0.2) is 24.3 Å². The number of sulfonamides is 1. The van der Waals surface area contributed by atoms with Gasteiger partial charge in [-0.1, -0.05) is 38.1 Å². The highest BCUT2D eigenvalue weighted by atomic mass is 32.2. The van der Waals surface area contributed by atoms with Crippen molar-refractivity contribution < 1.29 is 13.5 Å². The fourth-order valence-corrected chi connectivity index (χ4v) is 3.64. The smallest absolute Gasteiger partial charge is 0.215 e. The summed E-state index contributed by atoms with van der Waals surface area (Å²) >= 11 is 0. The summed E-state index contributed by atoms with van der Waals surface area (Å²) in [6.07, 6.45) is 0. The van der Waals surface area contributed by atoms with Gasteiger partial charge in [0.2, 0.25) is 10.0 Å². The Labute approximate surface area is 128 Å². The maximum Gasteiger partial charge on any atom is 0.215 e. The van der Waals surface area contributed by atoms with Crippen molar-refractivity contribution in [1.29, 1.82) is 0 Å². The molecule has 0 radical (unpaired) electrons. The second-order valence-corrected chi connectivity index (χ2v) is 8.27. The van der Waals surface area contributed by atoms with Crippen LogP contribution in [0.1, 0.15) is 25.0 Å². The van der Waals surface area contributed by atoms with Crippen LogP contribution in [0.3, 0.4) is 0 Å². The van der Waals surface area contributed by atoms with Gasteiger partial charge in [0.1, 0.15) is 0 Å². The van der Waals surface area contributed by atoms with Gasteiger partial charge in [0.05, 0.1) is 12.4 Å². The Hall–Kier alpha value is -0.950. The maximum atomic E-state index is 12.1. The van der Waals surface area contributed by atoms with Crippen LogP contribution >= 0.6 is 0 Å². The molecule has 21 heavy (non-hydrogen) atoms. The Morgan fingerprint density at radius 3 is 2.43 bits per heavy atom. The highest BCUT2D eigenvalue weighted by Gasteiger charge is 2.22. The molecule has 1 rings (SSSR count). The number of rotatable bonds is 8. The summed E-state index contributed by atoms with van der Waals surface area (Å²) in [4.78, 5) is 2.04. The van der Waals surface area contributed by atoms with Gasteiger partial charge in [0, 0.05) is 13.1 Å². The van der Waals surface area contributed by atoms with Gasteiger partial charge in [-0.3, -0.25) is 0 Å². The van der Waals surface area contributed by atoms with Crippen LogP contribution in [-0.2, 0) is 22.4 Å². The minimum Gasteiger partial charge on any atom is -0.392 e. The summed E-state index contributed by atoms with van der Waals surface area (Å²) in [5, 5.41) is 9.08. The fourth-order valence-electron chi connectivity index (χ4n) is 2.31. The number of aliphatic hydroxyl groups is 1. The number of hydrogen-bond acceptors (Lipinski definition) is 4. The Morgan fingerprint density at radius 2 is 1.86 bits per heavy atom. The zero-order valence-corrected chi connectivity index (χ0v) is 14.1. The SMILES string of the molecule is CN(C)CC(C)(C)CNS(=O)(=O)Cc1cccc(CO)c1. The molecule has 0 saturated carbocycles. The molecular weight excluding hydrogens is 288 g/mol. The molecule has 0 amide bonds. The largest absolute Gasteiger partial charge is 0.392 e. The van der Waals surface area contributed by atoms with Crippen LogP contribution in [0.4, 0.5) is 0 Å². The summed E-state index contributed by atoms with van der Waals surface area (Å²) in [5.41, 5.74) is 1.26. The fraction of sp³-hybridized carbons (Fsp3) is 0.600. The molecule has 5 nitrogen and oxygen atoms in total. The Kier molecular flexibility index (Phi) is 6.34. The molecule has 0 saturated heterocycles. The molecule has 0 aliphatic heterocycles. The van der Waals surface area contributed by atoms with E-state index in [1.165, 1.54) is 0 Å². The highest BCUT2D eigenvalue weighted by Crippen LogP contribution is 2.15. The van der Waals surface area contributed by atoms with E-state index in [4.69, 9.17) is 5.11 Å². The van der Waals surface area contributed by atoms with Crippen LogP contribution in [0.2, 0.25) is 0 Å². The molecule has 0 atom stereocenters. The predicted octanol–water partition coefficient (Wildman–Crippen LogP) is 1.19. The van der Waals surface area contributed by atoms with E-state index in [2.05, 4.69) is 4.72 Å². The van der Waals surface area contributed by atoms with Crippen molar-refractivity contribution in [2.45, 2.75) is 26.2 Å². The van der Waals surface area contributed by atoms with E-state index >= 15 is 0 Å². The lowest BCUT2D eigenvalue weighted by Crippen LogP contribution is -2.40. The number of nitrogens with one attached hydrogen (secondary N) is 1. The Bertz CT molecular complexity index is 554. The standard InChI is InChI=1S/C15H26N2O3S/c1-15(2,12-17(3)4)11-16-21(19,20)10-14-7-5-6-13(8-14)9-18/h5-8,16,18H,9-12H2,1-4H3. The van der Waals surface area contributed by atoms with E-state index < -0.39 is 10.0 Å². The molecule has 0 unspecified atom stereocenters. The van der Waals surface area contributed by atoms with Crippen molar-refractivity contribution in [2.24, 2.45) is 5.41 Å². The Balaban J connectivity index is 2.65. The number of nitrogens with zero attached hydrogens (tertiary/aromatic N) is 1. The second kappa shape index (κ2) is 7.35. The summed E-state index contributed by atoms with van der Waals surface area (Å²) in [5.74, 6) is -0.0706. The second-order valence-electron chi connectivity index (χ2n) is 6.46. The molecular formula is C15H26N2O3S. The van der Waals surface area contributed by atoms with Crippen molar-refractivity contribution in [3.05, 3.63) is 35.4 Å². The van der Waals surface area contributed by atoms with E-state index in [1.807, 2.05) is 32.8 Å². The van der Waals surface area contributed by atoms with Crippen LogP contribution in [0, 0.1) is 5.41 Å². The zero-order valence-electron chi connectivity index (χ0n) is 13.3. The van der Waals surface area contributed by atoms with Gasteiger partial charge < -0.3 is 10.0 Å². The van der Waals surface area contributed by atoms with E-state index in [9.17, 15) is 8.42 Å². The van der Waals surface area contributed by atoms with Gasteiger partial charge >= 0.3 is 0 Å². The topological polar surface area (TPSA) is 69.6 Å². The van der Waals surface area contributed by atoms with Crippen LogP contribution < -0.4 is 4.72 Å². The lowest BCUT2D eigenvalue weighted by atomic mass is 9.93. The van der Waals surface area contributed by atoms with Crippen LogP contribution in [-0.4, -0.2) is 45.6 Å². The minimum absolute atomic E-state index is 0.0706. The minimum atomic E-state index is -3.38. The maximum absolute atomic E-state index is 12.1. The van der Waals surface area contributed by atoms with Gasteiger partial charge in [-0.15, -0.1) is 0 Å². The average Bonchev–Trinajstić information content (AvgIpc) is 2.35. The molecule has 0 heterocycles.